The van der Waals surface area contributed by atoms with E-state index in [4.69, 9.17) is 0 Å². The van der Waals surface area contributed by atoms with Gasteiger partial charge in [-0.15, -0.1) is 0 Å². The molecule has 420 valence electrons. The molecule has 8 amide bonds. The normalized spacial score (nSPS) is 15.8. The highest BCUT2D eigenvalue weighted by Crippen LogP contribution is 2.59. The van der Waals surface area contributed by atoms with E-state index in [-0.39, 0.29) is 70.4 Å². The predicted octanol–water partition coefficient (Wildman–Crippen LogP) is 11.1. The second-order valence-corrected chi connectivity index (χ2v) is 19.7. The molecule has 6 aromatic carbocycles. The predicted molar refractivity (Wildman–Crippen MR) is 260 cm³/mol. The molecule has 4 heterocycles. The monoisotopic (exact) mass is 1150 g/mol. The zero-order chi connectivity index (χ0) is 60.4. The van der Waals surface area contributed by atoms with Crippen LogP contribution in [0.15, 0.2) is 97.1 Å². The highest BCUT2D eigenvalue weighted by molar-refractivity contribution is 6.38. The van der Waals surface area contributed by atoms with Crippen LogP contribution >= 0.6 is 0 Å². The van der Waals surface area contributed by atoms with E-state index in [0.29, 0.717) is 49.9 Å². The van der Waals surface area contributed by atoms with E-state index >= 15 is 52.7 Å². The number of hydrogen-bond donors (Lipinski definition) is 1. The molecule has 1 N–H and O–H groups in total. The molecule has 0 spiro atoms. The van der Waals surface area contributed by atoms with Crippen molar-refractivity contribution in [3.63, 3.8) is 0 Å². The van der Waals surface area contributed by atoms with Gasteiger partial charge in [-0.2, -0.15) is 52.7 Å². The summed E-state index contributed by atoms with van der Waals surface area (Å²) in [5, 5.41) is 9.55. The highest BCUT2D eigenvalue weighted by Gasteiger charge is 2.74. The number of aryl methyl sites for hydroxylation is 3. The van der Waals surface area contributed by atoms with Gasteiger partial charge in [0, 0.05) is 7.05 Å². The van der Waals surface area contributed by atoms with Crippen molar-refractivity contribution in [3.05, 3.63) is 192 Å². The zero-order valence-corrected chi connectivity index (χ0v) is 42.2. The molecule has 0 saturated carbocycles. The third-order valence-electron chi connectivity index (χ3n) is 15.1. The molecule has 82 heavy (non-hydrogen) atoms. The Labute approximate surface area is 451 Å². The number of nitrogens with zero attached hydrogens (tertiary/aromatic N) is 4. The number of anilines is 3. The van der Waals surface area contributed by atoms with Crippen molar-refractivity contribution in [2.45, 2.75) is 63.2 Å². The minimum Gasteiger partial charge on any atom is -0.478 e. The third-order valence-corrected chi connectivity index (χ3v) is 15.1. The zero-order valence-electron chi connectivity index (χ0n) is 42.2. The number of fused-ring (bicyclic) bond motifs is 4. The maximum absolute atomic E-state index is 15.7. The van der Waals surface area contributed by atoms with E-state index in [1.165, 1.54) is 32.9 Å². The lowest BCUT2D eigenvalue weighted by Crippen LogP contribution is -2.55. The summed E-state index contributed by atoms with van der Waals surface area (Å²) in [7, 11) is 0.946. The van der Waals surface area contributed by atoms with Crippen molar-refractivity contribution in [3.8, 4) is 0 Å². The van der Waals surface area contributed by atoms with Gasteiger partial charge in [0.25, 0.3) is 47.3 Å². The summed E-state index contributed by atoms with van der Waals surface area (Å²) < 4.78 is 187. The van der Waals surface area contributed by atoms with Gasteiger partial charge in [-0.1, -0.05) is 30.3 Å². The second-order valence-electron chi connectivity index (χ2n) is 19.7. The molecule has 4 aliphatic rings. The van der Waals surface area contributed by atoms with E-state index in [0.717, 1.165) is 26.1 Å². The third kappa shape index (κ3) is 7.40. The molecular formula is C56H32F12N4O10. The number of aromatic carboxylic acids is 1. The number of carbonyl (C=O) groups is 9. The molecule has 0 atom stereocenters. The van der Waals surface area contributed by atoms with Gasteiger partial charge in [-0.05, 0) is 139 Å². The lowest BCUT2D eigenvalue weighted by atomic mass is 9.71. The number of halogens is 12. The quantitative estimate of drug-likeness (QED) is 0.113. The second kappa shape index (κ2) is 17.8. The Morgan fingerprint density at radius 1 is 0.378 bits per heavy atom. The number of rotatable bonds is 8. The highest BCUT2D eigenvalue weighted by atomic mass is 19.4. The van der Waals surface area contributed by atoms with Crippen molar-refractivity contribution < 1.29 is 101 Å². The maximum atomic E-state index is 15.7. The molecule has 26 heteroatoms. The lowest BCUT2D eigenvalue weighted by molar-refractivity contribution is -0.290. The number of carboxylic acids is 1. The summed E-state index contributed by atoms with van der Waals surface area (Å²) in [6, 6.07) is 8.41. The van der Waals surface area contributed by atoms with Crippen LogP contribution in [0.4, 0.5) is 69.7 Å². The topological polar surface area (TPSA) is 187 Å². The Morgan fingerprint density at radius 2 is 0.671 bits per heavy atom. The van der Waals surface area contributed by atoms with Crippen LogP contribution in [0.3, 0.4) is 0 Å². The van der Waals surface area contributed by atoms with Crippen LogP contribution in [0.25, 0.3) is 0 Å². The van der Waals surface area contributed by atoms with Gasteiger partial charge < -0.3 is 5.11 Å². The average Bonchev–Trinajstić information content (AvgIpc) is 1.47. The van der Waals surface area contributed by atoms with Crippen molar-refractivity contribution in [2.75, 3.05) is 21.7 Å². The fourth-order valence-corrected chi connectivity index (χ4v) is 11.5. The Balaban J connectivity index is 1.04. The van der Waals surface area contributed by atoms with Crippen molar-refractivity contribution in [2.24, 2.45) is 0 Å². The first-order valence-corrected chi connectivity index (χ1v) is 23.7. The molecule has 0 fully saturated rings. The molecule has 4 aliphatic heterocycles. The fraction of sp³-hybridized carbons (Fsp3) is 0.196. The van der Waals surface area contributed by atoms with Crippen molar-refractivity contribution in [1.29, 1.82) is 0 Å². The first-order chi connectivity index (χ1) is 37.9. The molecule has 0 aromatic heterocycles. The summed E-state index contributed by atoms with van der Waals surface area (Å²) in [6.45, 7) is 5.02. The number of carboxylic acid groups (broad SMARTS) is 1. The van der Waals surface area contributed by atoms with Crippen LogP contribution in [-0.2, 0) is 10.8 Å². The average molecular weight is 1150 g/mol. The van der Waals surface area contributed by atoms with Gasteiger partial charge in [-0.25, -0.2) is 19.5 Å². The number of imide groups is 4. The van der Waals surface area contributed by atoms with Crippen molar-refractivity contribution >= 4 is 70.3 Å². The summed E-state index contributed by atoms with van der Waals surface area (Å²) in [5.41, 5.74) is -25.4. The van der Waals surface area contributed by atoms with Crippen LogP contribution < -0.4 is 14.7 Å². The number of hydrogen-bond acceptors (Lipinski definition) is 9. The number of carbonyl (C=O) groups excluding carboxylic acids is 8. The van der Waals surface area contributed by atoms with Gasteiger partial charge in [0.15, 0.2) is 0 Å². The first kappa shape index (κ1) is 55.8. The molecule has 6 aromatic rings. The van der Waals surface area contributed by atoms with Gasteiger partial charge in [0.2, 0.25) is 10.8 Å². The molecule has 10 rings (SSSR count). The molecule has 0 radical (unpaired) electrons. The van der Waals surface area contributed by atoms with Crippen LogP contribution in [0.2, 0.25) is 0 Å². The number of benzene rings is 6. The summed E-state index contributed by atoms with van der Waals surface area (Å²) >= 11 is 0. The van der Waals surface area contributed by atoms with E-state index < -0.39 is 172 Å². The Morgan fingerprint density at radius 3 is 1.01 bits per heavy atom. The summed E-state index contributed by atoms with van der Waals surface area (Å²) in [5.74, 6) is -12.2. The molecular weight excluding hydrogens is 1120 g/mol. The van der Waals surface area contributed by atoms with Gasteiger partial charge in [0.1, 0.15) is 0 Å². The minimum atomic E-state index is -6.40. The summed E-state index contributed by atoms with van der Waals surface area (Å²) in [6.07, 6.45) is -25.4. The first-order valence-electron chi connectivity index (χ1n) is 23.7. The van der Waals surface area contributed by atoms with E-state index in [1.807, 2.05) is 0 Å². The summed E-state index contributed by atoms with van der Waals surface area (Å²) in [4.78, 5) is 123. The van der Waals surface area contributed by atoms with Crippen LogP contribution in [0.5, 0.6) is 0 Å². The van der Waals surface area contributed by atoms with Gasteiger partial charge in [0.05, 0.1) is 67.1 Å². The molecule has 0 saturated heterocycles. The fourth-order valence-electron chi connectivity index (χ4n) is 11.5. The van der Waals surface area contributed by atoms with Crippen LogP contribution in [0.1, 0.15) is 138 Å². The van der Waals surface area contributed by atoms with E-state index in [1.54, 1.807) is 0 Å². The maximum Gasteiger partial charge on any atom is 0.411 e. The van der Waals surface area contributed by atoms with Crippen LogP contribution in [-0.4, -0.2) is 95.0 Å². The van der Waals surface area contributed by atoms with Crippen LogP contribution in [0, 0.1) is 27.7 Å². The molecule has 0 bridgehead atoms. The van der Waals surface area contributed by atoms with Gasteiger partial charge >= 0.3 is 30.7 Å². The lowest BCUT2D eigenvalue weighted by Gasteiger charge is -2.38. The number of alkyl halides is 12. The SMILES string of the molecule is Cc1cc(C(=O)O)cc(N2C(=O)c3ccc(C(c4ccc5c(c4)C(=O)N(c4c(C)cc(C)c(N6C(=O)c7ccc(C(c8ccc9c(c8)C(=O)N(C)C9=O)(C(F)(F)F)C(F)(F)F)cc7C6=O)c4C)C5=O)(C(F)(F)F)C(F)(F)F)cc3C2=O)c1. The largest absolute Gasteiger partial charge is 0.478 e. The van der Waals surface area contributed by atoms with E-state index in [2.05, 4.69) is 0 Å². The smallest absolute Gasteiger partial charge is 0.411 e. The Bertz CT molecular complexity index is 4000. The molecule has 14 nitrogen and oxygen atoms in total. The molecule has 0 aliphatic carbocycles. The van der Waals surface area contributed by atoms with E-state index in [9.17, 15) is 48.3 Å². The Kier molecular flexibility index (Phi) is 12.1. The minimum absolute atomic E-state index is 0.0451. The number of amides is 8. The standard InChI is InChI=1S/C56H32F12N4O10/c1-22-14-26(50(81)82)17-31(15-22)70-44(75)33-11-7-28(19-37(33)47(70)78)52(55(63,64)65,56(66,67)68)30-9-13-35-39(21-30)49(80)72(46(35)77)41-24(3)16-23(2)40(25(41)4)71-45(76)34-12-8-29(20-38(34)48(71)79)51(53(57,58)59,54(60,61)62)27-6-10-32-36(18-27)43(74)69(5)42(32)73/h6-21H,1-5H3,(H,81,82). The molecule has 0 unspecified atom stereocenters. The van der Waals surface area contributed by atoms with Gasteiger partial charge in [-0.3, -0.25) is 43.3 Å². The Hall–Kier alpha value is -9.49. The van der Waals surface area contributed by atoms with Crippen molar-refractivity contribution in [1.82, 2.24) is 4.90 Å².